The number of nitrogens with zero attached hydrogens (tertiary/aromatic N) is 1. The van der Waals surface area contributed by atoms with Crippen molar-refractivity contribution in [1.29, 1.82) is 0 Å². The average Bonchev–Trinajstić information content (AvgIpc) is 3.28. The Hall–Kier alpha value is -4.67. The molecule has 0 aliphatic heterocycles. The zero-order valence-corrected chi connectivity index (χ0v) is 22.8. The summed E-state index contributed by atoms with van der Waals surface area (Å²) in [6, 6.07) is 12.0. The highest BCUT2D eigenvalue weighted by atomic mass is 19.2. The van der Waals surface area contributed by atoms with Crippen LogP contribution in [0, 0.1) is 23.4 Å². The van der Waals surface area contributed by atoms with Gasteiger partial charge in [-0.2, -0.15) is 8.78 Å². The lowest BCUT2D eigenvalue weighted by Crippen LogP contribution is -2.17. The number of carboxylic acid groups (broad SMARTS) is 2. The van der Waals surface area contributed by atoms with Gasteiger partial charge >= 0.3 is 11.9 Å². The molecule has 0 radical (unpaired) electrons. The summed E-state index contributed by atoms with van der Waals surface area (Å²) >= 11 is 0. The molecule has 1 heterocycles. The molecule has 4 aromatic rings. The van der Waals surface area contributed by atoms with E-state index in [9.17, 15) is 33.0 Å². The van der Waals surface area contributed by atoms with Gasteiger partial charge in [0.05, 0.1) is 24.6 Å². The van der Waals surface area contributed by atoms with Crippen LogP contribution in [-0.2, 0) is 11.2 Å². The highest BCUT2D eigenvalue weighted by molar-refractivity contribution is 6.07. The second-order valence-electron chi connectivity index (χ2n) is 10.3. The number of nitrogens with one attached hydrogen (secondary N) is 1. The van der Waals surface area contributed by atoms with Gasteiger partial charge in [-0.1, -0.05) is 19.3 Å². The molecule has 1 fully saturated rings. The van der Waals surface area contributed by atoms with Crippen LogP contribution in [-0.4, -0.2) is 40.4 Å². The zero-order chi connectivity index (χ0) is 30.0. The highest BCUT2D eigenvalue weighted by Gasteiger charge is 2.26. The number of carboxylic acids is 2. The maximum Gasteiger partial charge on any atom is 0.338 e. The summed E-state index contributed by atoms with van der Waals surface area (Å²) in [4.78, 5) is 24.2. The SMILES string of the molecule is COc1c(F)cc(Oc2ccc3c(c2)c(C(=O)O)c(CC(=O)O)n3-c2ccc(NCC3CCCCC3)cc2)c(F)c1F. The molecule has 0 unspecified atom stereocenters. The fraction of sp³-hybridized carbons (Fsp3) is 0.290. The first kappa shape index (κ1) is 28.8. The number of carbonyl (C=O) groups is 2. The van der Waals surface area contributed by atoms with Gasteiger partial charge in [0.2, 0.25) is 11.6 Å². The third-order valence-corrected chi connectivity index (χ3v) is 7.53. The lowest BCUT2D eigenvalue weighted by molar-refractivity contribution is -0.136. The van der Waals surface area contributed by atoms with Crippen LogP contribution in [0.3, 0.4) is 0 Å². The number of ether oxygens (including phenoxy) is 2. The Labute approximate surface area is 239 Å². The Balaban J connectivity index is 1.53. The van der Waals surface area contributed by atoms with E-state index >= 15 is 0 Å². The van der Waals surface area contributed by atoms with E-state index in [2.05, 4.69) is 10.1 Å². The number of halogens is 3. The molecule has 3 aromatic carbocycles. The molecular weight excluding hydrogens is 553 g/mol. The highest BCUT2D eigenvalue weighted by Crippen LogP contribution is 2.37. The van der Waals surface area contributed by atoms with E-state index in [0.29, 0.717) is 23.2 Å². The second kappa shape index (κ2) is 12.1. The molecule has 1 saturated carbocycles. The van der Waals surface area contributed by atoms with Crippen molar-refractivity contribution in [2.45, 2.75) is 38.5 Å². The van der Waals surface area contributed by atoms with Crippen molar-refractivity contribution in [3.63, 3.8) is 0 Å². The molecule has 42 heavy (non-hydrogen) atoms. The summed E-state index contributed by atoms with van der Waals surface area (Å²) in [5.74, 6) is -8.07. The summed E-state index contributed by atoms with van der Waals surface area (Å²) < 4.78 is 54.4. The minimum Gasteiger partial charge on any atom is -0.491 e. The van der Waals surface area contributed by atoms with Crippen molar-refractivity contribution in [3.05, 3.63) is 77.2 Å². The summed E-state index contributed by atoms with van der Waals surface area (Å²) in [5, 5.41) is 23.3. The maximum atomic E-state index is 14.5. The predicted octanol–water partition coefficient (Wildman–Crippen LogP) is 7.17. The summed E-state index contributed by atoms with van der Waals surface area (Å²) in [6.45, 7) is 0.852. The van der Waals surface area contributed by atoms with E-state index in [4.69, 9.17) is 4.74 Å². The second-order valence-corrected chi connectivity index (χ2v) is 10.3. The molecule has 11 heteroatoms. The molecule has 3 N–H and O–H groups in total. The first-order valence-electron chi connectivity index (χ1n) is 13.5. The van der Waals surface area contributed by atoms with Crippen molar-refractivity contribution >= 4 is 28.5 Å². The van der Waals surface area contributed by atoms with Crippen LogP contribution < -0.4 is 14.8 Å². The van der Waals surface area contributed by atoms with Crippen LogP contribution in [0.25, 0.3) is 16.6 Å². The lowest BCUT2D eigenvalue weighted by Gasteiger charge is -2.22. The number of hydrogen-bond donors (Lipinski definition) is 3. The first-order valence-corrected chi connectivity index (χ1v) is 13.5. The topological polar surface area (TPSA) is 110 Å². The summed E-state index contributed by atoms with van der Waals surface area (Å²) in [6.07, 6.45) is 5.53. The minimum atomic E-state index is -1.58. The van der Waals surface area contributed by atoms with Crippen LogP contribution >= 0.6 is 0 Å². The van der Waals surface area contributed by atoms with Gasteiger partial charge < -0.3 is 29.6 Å². The summed E-state index contributed by atoms with van der Waals surface area (Å²) in [5.41, 5.74) is 1.50. The quantitative estimate of drug-likeness (QED) is 0.170. The van der Waals surface area contributed by atoms with Crippen LogP contribution in [0.2, 0.25) is 0 Å². The Morgan fingerprint density at radius 2 is 1.69 bits per heavy atom. The average molecular weight is 583 g/mol. The molecule has 5 rings (SSSR count). The minimum absolute atomic E-state index is 0.0118. The summed E-state index contributed by atoms with van der Waals surface area (Å²) in [7, 11) is 0.990. The molecule has 0 spiro atoms. The van der Waals surface area contributed by atoms with Gasteiger partial charge in [-0.05, 0) is 61.2 Å². The van der Waals surface area contributed by atoms with E-state index in [0.717, 1.165) is 19.3 Å². The molecule has 1 aliphatic rings. The Morgan fingerprint density at radius 1 is 0.976 bits per heavy atom. The fourth-order valence-corrected chi connectivity index (χ4v) is 5.56. The number of aromatic carboxylic acids is 1. The molecule has 0 amide bonds. The maximum absolute atomic E-state index is 14.5. The normalized spacial score (nSPS) is 13.7. The Morgan fingerprint density at radius 3 is 2.33 bits per heavy atom. The van der Waals surface area contributed by atoms with Crippen LogP contribution in [0.15, 0.2) is 48.5 Å². The van der Waals surface area contributed by atoms with Crippen molar-refractivity contribution in [3.8, 4) is 22.9 Å². The van der Waals surface area contributed by atoms with E-state index in [-0.39, 0.29) is 22.4 Å². The van der Waals surface area contributed by atoms with Crippen molar-refractivity contribution in [2.24, 2.45) is 5.92 Å². The van der Waals surface area contributed by atoms with Gasteiger partial charge in [-0.15, -0.1) is 0 Å². The number of rotatable bonds is 10. The molecule has 0 atom stereocenters. The third kappa shape index (κ3) is 5.72. The molecule has 220 valence electrons. The molecule has 1 aromatic heterocycles. The van der Waals surface area contributed by atoms with E-state index < -0.39 is 47.3 Å². The Bertz CT molecular complexity index is 1650. The first-order chi connectivity index (χ1) is 20.2. The van der Waals surface area contributed by atoms with Crippen LogP contribution in [0.1, 0.15) is 48.2 Å². The van der Waals surface area contributed by atoms with Crippen molar-refractivity contribution in [1.82, 2.24) is 4.57 Å². The number of benzene rings is 3. The standard InChI is InChI=1S/C31H29F3N2O6/c1-41-30-22(32)14-25(28(33)29(30)34)42-20-11-12-23-21(13-20)27(31(39)40)24(15-26(37)38)36(23)19-9-7-18(8-10-19)35-16-17-5-3-2-4-6-17/h7-14,17,35H,2-6,15-16H2,1H3,(H,37,38)(H,39,40). The van der Waals surface area contributed by atoms with Gasteiger partial charge in [0.15, 0.2) is 17.3 Å². The van der Waals surface area contributed by atoms with Crippen LogP contribution in [0.4, 0.5) is 18.9 Å². The van der Waals surface area contributed by atoms with Crippen molar-refractivity contribution in [2.75, 3.05) is 19.0 Å². The number of anilines is 1. The molecular formula is C31H29F3N2O6. The zero-order valence-electron chi connectivity index (χ0n) is 22.8. The molecule has 0 saturated heterocycles. The van der Waals surface area contributed by atoms with Crippen LogP contribution in [0.5, 0.6) is 17.2 Å². The molecule has 8 nitrogen and oxygen atoms in total. The van der Waals surface area contributed by atoms with Gasteiger partial charge in [-0.25, -0.2) is 9.18 Å². The van der Waals surface area contributed by atoms with E-state index in [1.807, 2.05) is 12.1 Å². The number of aromatic nitrogens is 1. The van der Waals surface area contributed by atoms with E-state index in [1.54, 1.807) is 12.1 Å². The molecule has 0 bridgehead atoms. The number of fused-ring (bicyclic) bond motifs is 1. The lowest BCUT2D eigenvalue weighted by atomic mass is 9.89. The van der Waals surface area contributed by atoms with Gasteiger partial charge in [0.25, 0.3) is 0 Å². The predicted molar refractivity (Wildman–Crippen MR) is 150 cm³/mol. The van der Waals surface area contributed by atoms with Gasteiger partial charge in [0, 0.05) is 35.1 Å². The number of aliphatic carboxylic acids is 1. The van der Waals surface area contributed by atoms with Gasteiger partial charge in [-0.3, -0.25) is 4.79 Å². The third-order valence-electron chi connectivity index (χ3n) is 7.53. The number of hydrogen-bond acceptors (Lipinski definition) is 5. The van der Waals surface area contributed by atoms with Crippen molar-refractivity contribution < 1.29 is 42.4 Å². The van der Waals surface area contributed by atoms with Gasteiger partial charge in [0.1, 0.15) is 5.75 Å². The monoisotopic (exact) mass is 582 g/mol. The smallest absolute Gasteiger partial charge is 0.338 e. The Kier molecular flexibility index (Phi) is 8.28. The largest absolute Gasteiger partial charge is 0.491 e. The number of methoxy groups -OCH3 is 1. The molecule has 1 aliphatic carbocycles. The van der Waals surface area contributed by atoms with E-state index in [1.165, 1.54) is 54.9 Å². The fourth-order valence-electron chi connectivity index (χ4n) is 5.56.